The summed E-state index contributed by atoms with van der Waals surface area (Å²) in [5, 5.41) is 34.4. The first kappa shape index (κ1) is 61.4. The van der Waals surface area contributed by atoms with Crippen LogP contribution in [-0.4, -0.2) is 92.4 Å². The largest absolute Gasteiger partial charge is 0.470 e. The fourth-order valence-corrected chi connectivity index (χ4v) is 9.19. The molecule has 0 aliphatic carbocycles. The van der Waals surface area contributed by atoms with E-state index < -0.39 is 75.1 Å². The van der Waals surface area contributed by atoms with Gasteiger partial charge in [-0.3, -0.25) is 14.1 Å². The summed E-state index contributed by atoms with van der Waals surface area (Å²) in [5.74, 6) is -2.55. The summed E-state index contributed by atoms with van der Waals surface area (Å²) >= 11 is 0. The Hall–Kier alpha value is -1.64. The van der Waals surface area contributed by atoms with Crippen molar-refractivity contribution in [3.05, 3.63) is 0 Å². The van der Waals surface area contributed by atoms with Gasteiger partial charge in [-0.1, -0.05) is 220 Å². The van der Waals surface area contributed by atoms with Gasteiger partial charge in [0.2, 0.25) is 5.91 Å². The lowest BCUT2D eigenvalue weighted by Gasteiger charge is -2.44. The van der Waals surface area contributed by atoms with Crippen LogP contribution in [0, 0.1) is 0 Å². The molecule has 3 unspecified atom stereocenters. The maximum Gasteiger partial charge on any atom is 0.470 e. The van der Waals surface area contributed by atoms with Crippen LogP contribution in [-0.2, 0) is 37.7 Å². The predicted octanol–water partition coefficient (Wildman–Crippen LogP) is 10.9. The second kappa shape index (κ2) is 40.3. The predicted molar refractivity (Wildman–Crippen MR) is 256 cm³/mol. The first-order chi connectivity index (χ1) is 31.4. The number of aliphatic hydroxyl groups is 3. The summed E-state index contributed by atoms with van der Waals surface area (Å²) < 4.78 is 34.1. The van der Waals surface area contributed by atoms with Crippen molar-refractivity contribution >= 4 is 25.7 Å². The zero-order valence-corrected chi connectivity index (χ0v) is 42.0. The number of phosphoric acid groups is 1. The molecule has 14 nitrogen and oxygen atoms in total. The van der Waals surface area contributed by atoms with Gasteiger partial charge in [0, 0.05) is 6.42 Å². The quantitative estimate of drug-likeness (QED) is 0.0190. The topological polar surface area (TPSA) is 218 Å². The third-order valence-electron chi connectivity index (χ3n) is 12.6. The van der Waals surface area contributed by atoms with E-state index in [9.17, 15) is 44.1 Å². The van der Waals surface area contributed by atoms with Crippen molar-refractivity contribution in [1.29, 1.82) is 0 Å². The van der Waals surface area contributed by atoms with Gasteiger partial charge in [0.05, 0.1) is 6.61 Å². The third-order valence-corrected chi connectivity index (χ3v) is 13.2. The Morgan fingerprint density at radius 3 is 1.37 bits per heavy atom. The molecule has 0 aromatic rings. The van der Waals surface area contributed by atoms with Crippen molar-refractivity contribution < 1.29 is 62.8 Å². The molecule has 1 aliphatic heterocycles. The lowest BCUT2D eigenvalue weighted by atomic mass is 9.96. The molecule has 6 N–H and O–H groups in total. The summed E-state index contributed by atoms with van der Waals surface area (Å²) in [6.07, 6.45) is 26.3. The van der Waals surface area contributed by atoms with Crippen molar-refractivity contribution in [1.82, 2.24) is 5.32 Å². The fraction of sp³-hybridized carbons (Fsp3) is 0.940. The van der Waals surface area contributed by atoms with E-state index in [1.807, 2.05) is 0 Å². The van der Waals surface area contributed by atoms with Crippen LogP contribution in [0.2, 0.25) is 0 Å². The van der Waals surface area contributed by atoms with Crippen LogP contribution >= 0.6 is 7.82 Å². The zero-order chi connectivity index (χ0) is 48.0. The van der Waals surface area contributed by atoms with E-state index in [1.165, 1.54) is 116 Å². The molecule has 65 heavy (non-hydrogen) atoms. The fourth-order valence-electron chi connectivity index (χ4n) is 8.62. The van der Waals surface area contributed by atoms with Crippen molar-refractivity contribution in [2.75, 3.05) is 6.61 Å². The van der Waals surface area contributed by atoms with Crippen molar-refractivity contribution in [3.63, 3.8) is 0 Å². The van der Waals surface area contributed by atoms with Gasteiger partial charge in [-0.2, -0.15) is 0 Å². The van der Waals surface area contributed by atoms with Gasteiger partial charge in [-0.05, 0) is 25.7 Å². The molecule has 1 aliphatic rings. The van der Waals surface area contributed by atoms with Crippen LogP contribution < -0.4 is 5.32 Å². The van der Waals surface area contributed by atoms with Gasteiger partial charge in [0.15, 0.2) is 18.5 Å². The number of hydrogen-bond donors (Lipinski definition) is 6. The highest BCUT2D eigenvalue weighted by Gasteiger charge is 2.52. The maximum absolute atomic E-state index is 14.0. The van der Waals surface area contributed by atoms with E-state index >= 15 is 0 Å². The molecule has 1 amide bonds. The van der Waals surface area contributed by atoms with Gasteiger partial charge in [0.25, 0.3) is 0 Å². The molecule has 0 radical (unpaired) electrons. The number of ether oxygens (including phenoxy) is 3. The number of unbranched alkanes of at least 4 members (excludes halogenated alkanes) is 30. The Morgan fingerprint density at radius 2 is 0.969 bits per heavy atom. The smallest absolute Gasteiger partial charge is 0.454 e. The molecule has 1 saturated heterocycles. The Bertz CT molecular complexity index is 1220. The Labute approximate surface area is 394 Å². The molecule has 0 aromatic carbocycles. The highest BCUT2D eigenvalue weighted by molar-refractivity contribution is 7.46. The first-order valence-electron chi connectivity index (χ1n) is 26.4. The molecule has 7 atom stereocenters. The minimum Gasteiger partial charge on any atom is -0.454 e. The minimum absolute atomic E-state index is 0.0989. The molecule has 0 saturated carbocycles. The molecule has 1 rings (SSSR count). The highest BCUT2D eigenvalue weighted by atomic mass is 31.2. The first-order valence-corrected chi connectivity index (χ1v) is 28.0. The van der Waals surface area contributed by atoms with Crippen molar-refractivity contribution in [3.8, 4) is 0 Å². The van der Waals surface area contributed by atoms with Crippen LogP contribution in [0.15, 0.2) is 0 Å². The van der Waals surface area contributed by atoms with Crippen molar-refractivity contribution in [2.24, 2.45) is 0 Å². The molecular formula is C50H96NO13P. The Morgan fingerprint density at radius 1 is 0.585 bits per heavy atom. The standard InChI is InChI=1S/C50H96NO13P/c1-4-7-10-13-16-19-22-23-24-27-30-33-36-39-44(54)61-42(38-35-32-29-26-21-18-15-12-9-6-3)49(56)63-47-45(50(57)62-43(40-52)46(47)64-65(58,59)60)51-48(55)41(53)37-34-31-28-25-20-17-14-11-8-5-2/h41-43,45-47,50,52-53,57H,4-40H2,1-3H3,(H,51,55)(H2,58,59,60)/t41?,42?,43-,45-,46-,47-,50?/m1/s1. The number of rotatable bonds is 44. The SMILES string of the molecule is CCCCCCCCCCCCCCCC(=O)OC(CCCCCCCCCCCC)C(=O)O[C@H]1[C@H](OP(=O)(O)O)[C@@H](CO)OC(O)[C@@H]1NC(=O)C(O)CCCCCCCCCCCC. The van der Waals surface area contributed by atoms with Crippen LogP contribution in [0.1, 0.15) is 252 Å². The molecule has 15 heteroatoms. The van der Waals surface area contributed by atoms with Crippen LogP contribution in [0.3, 0.4) is 0 Å². The number of aliphatic hydroxyl groups excluding tert-OH is 3. The van der Waals surface area contributed by atoms with E-state index in [1.54, 1.807) is 0 Å². The second-order valence-corrected chi connectivity index (χ2v) is 19.9. The second-order valence-electron chi connectivity index (χ2n) is 18.7. The van der Waals surface area contributed by atoms with Gasteiger partial charge in [-0.15, -0.1) is 0 Å². The summed E-state index contributed by atoms with van der Waals surface area (Å²) in [6, 6.07) is -1.67. The molecule has 384 valence electrons. The van der Waals surface area contributed by atoms with Crippen molar-refractivity contribution in [2.45, 2.75) is 295 Å². The summed E-state index contributed by atoms with van der Waals surface area (Å²) in [4.78, 5) is 60.2. The lowest BCUT2D eigenvalue weighted by molar-refractivity contribution is -0.258. The van der Waals surface area contributed by atoms with Crippen LogP contribution in [0.4, 0.5) is 0 Å². The normalized spacial score (nSPS) is 19.8. The van der Waals surface area contributed by atoms with E-state index in [-0.39, 0.29) is 19.3 Å². The molecule has 1 heterocycles. The number of phosphoric ester groups is 1. The van der Waals surface area contributed by atoms with Gasteiger partial charge in [-0.25, -0.2) is 9.36 Å². The van der Waals surface area contributed by atoms with Crippen LogP contribution in [0.5, 0.6) is 0 Å². The van der Waals surface area contributed by atoms with E-state index in [0.29, 0.717) is 19.3 Å². The zero-order valence-electron chi connectivity index (χ0n) is 41.2. The van der Waals surface area contributed by atoms with E-state index in [4.69, 9.17) is 18.7 Å². The molecular weight excluding hydrogens is 854 g/mol. The summed E-state index contributed by atoms with van der Waals surface area (Å²) in [6.45, 7) is 5.71. The summed E-state index contributed by atoms with van der Waals surface area (Å²) in [7, 11) is -5.33. The van der Waals surface area contributed by atoms with E-state index in [2.05, 4.69) is 26.1 Å². The average molecular weight is 950 g/mol. The minimum atomic E-state index is -5.33. The summed E-state index contributed by atoms with van der Waals surface area (Å²) in [5.41, 5.74) is 0. The number of esters is 2. The Balaban J connectivity index is 2.97. The number of carbonyl (C=O) groups is 3. The molecule has 1 fully saturated rings. The van der Waals surface area contributed by atoms with Gasteiger partial charge < -0.3 is 44.6 Å². The molecule has 0 bridgehead atoms. The number of nitrogens with one attached hydrogen (secondary N) is 1. The Kier molecular flexibility index (Phi) is 38.0. The number of carbonyl (C=O) groups excluding carboxylic acids is 3. The third kappa shape index (κ3) is 31.9. The lowest BCUT2D eigenvalue weighted by Crippen LogP contribution is -2.66. The van der Waals surface area contributed by atoms with E-state index in [0.717, 1.165) is 77.0 Å². The number of amides is 1. The monoisotopic (exact) mass is 950 g/mol. The highest BCUT2D eigenvalue weighted by Crippen LogP contribution is 2.42. The molecule has 0 spiro atoms. The van der Waals surface area contributed by atoms with Crippen LogP contribution in [0.25, 0.3) is 0 Å². The van der Waals surface area contributed by atoms with Gasteiger partial charge >= 0.3 is 19.8 Å². The van der Waals surface area contributed by atoms with Gasteiger partial charge in [0.1, 0.15) is 24.4 Å². The molecule has 0 aromatic heterocycles. The average Bonchev–Trinajstić information content (AvgIpc) is 3.27. The maximum atomic E-state index is 14.0. The number of hydrogen-bond acceptors (Lipinski definition) is 11.